The van der Waals surface area contributed by atoms with Gasteiger partial charge in [-0.2, -0.15) is 5.26 Å². The Hall–Kier alpha value is -3.00. The van der Waals surface area contributed by atoms with Gasteiger partial charge in [0.25, 0.3) is 5.91 Å². The quantitative estimate of drug-likeness (QED) is 0.919. The summed E-state index contributed by atoms with van der Waals surface area (Å²) in [5.41, 5.74) is 1.51. The Morgan fingerprint density at radius 1 is 1.23 bits per heavy atom. The molecule has 0 atom stereocenters. The number of carbonyl (C=O) groups excluding carboxylic acids is 1. The van der Waals surface area contributed by atoms with Gasteiger partial charge in [0.1, 0.15) is 0 Å². The van der Waals surface area contributed by atoms with Gasteiger partial charge in [-0.3, -0.25) is 4.79 Å². The van der Waals surface area contributed by atoms with E-state index in [1.807, 2.05) is 13.0 Å². The lowest BCUT2D eigenvalue weighted by atomic mass is 10.1. The number of methoxy groups -OCH3 is 1. The van der Waals surface area contributed by atoms with Crippen molar-refractivity contribution in [1.29, 1.82) is 5.26 Å². The number of hydrogen-bond donors (Lipinski definition) is 1. The molecule has 0 radical (unpaired) electrons. The predicted molar refractivity (Wildman–Crippen MR) is 83.3 cm³/mol. The van der Waals surface area contributed by atoms with E-state index in [0.29, 0.717) is 34.9 Å². The van der Waals surface area contributed by atoms with Gasteiger partial charge in [-0.1, -0.05) is 6.07 Å². The van der Waals surface area contributed by atoms with Crippen molar-refractivity contribution in [2.75, 3.05) is 19.0 Å². The second-order valence-corrected chi connectivity index (χ2v) is 4.45. The van der Waals surface area contributed by atoms with Crippen LogP contribution in [0, 0.1) is 11.3 Å². The highest BCUT2D eigenvalue weighted by molar-refractivity contribution is 6.04. The highest BCUT2D eigenvalue weighted by Crippen LogP contribution is 2.28. The normalized spacial score (nSPS) is 9.68. The molecule has 1 amide bonds. The fraction of sp³-hybridized carbons (Fsp3) is 0.176. The van der Waals surface area contributed by atoms with Crippen molar-refractivity contribution in [2.45, 2.75) is 6.92 Å². The van der Waals surface area contributed by atoms with Gasteiger partial charge in [-0.15, -0.1) is 0 Å². The Bertz CT molecular complexity index is 720. The number of amides is 1. The van der Waals surface area contributed by atoms with Crippen LogP contribution >= 0.6 is 0 Å². The van der Waals surface area contributed by atoms with Crippen LogP contribution in [0.3, 0.4) is 0 Å². The van der Waals surface area contributed by atoms with Crippen LogP contribution in [0.25, 0.3) is 0 Å². The molecule has 0 aromatic heterocycles. The van der Waals surface area contributed by atoms with Crippen molar-refractivity contribution in [3.8, 4) is 17.6 Å². The van der Waals surface area contributed by atoms with Crippen LogP contribution in [0.5, 0.6) is 11.5 Å². The average Bonchev–Trinajstić information content (AvgIpc) is 2.55. The zero-order chi connectivity index (χ0) is 15.9. The average molecular weight is 296 g/mol. The number of carbonyl (C=O) groups is 1. The van der Waals surface area contributed by atoms with Crippen LogP contribution < -0.4 is 14.8 Å². The molecule has 0 saturated carbocycles. The van der Waals surface area contributed by atoms with Crippen LogP contribution in [0.15, 0.2) is 42.5 Å². The lowest BCUT2D eigenvalue weighted by Gasteiger charge is -2.11. The van der Waals surface area contributed by atoms with E-state index >= 15 is 0 Å². The van der Waals surface area contributed by atoms with Crippen LogP contribution in [0.4, 0.5) is 5.69 Å². The zero-order valence-electron chi connectivity index (χ0n) is 12.4. The monoisotopic (exact) mass is 296 g/mol. The molecule has 0 aliphatic heterocycles. The minimum absolute atomic E-state index is 0.279. The van der Waals surface area contributed by atoms with Crippen molar-refractivity contribution in [1.82, 2.24) is 0 Å². The summed E-state index contributed by atoms with van der Waals surface area (Å²) in [4.78, 5) is 12.3. The van der Waals surface area contributed by atoms with Crippen molar-refractivity contribution in [2.24, 2.45) is 0 Å². The first kappa shape index (κ1) is 15.4. The largest absolute Gasteiger partial charge is 0.493 e. The Labute approximate surface area is 129 Å². The van der Waals surface area contributed by atoms with Crippen molar-refractivity contribution in [3.05, 3.63) is 53.6 Å². The van der Waals surface area contributed by atoms with Gasteiger partial charge in [0.05, 0.1) is 25.3 Å². The summed E-state index contributed by atoms with van der Waals surface area (Å²) in [6.45, 7) is 2.34. The molecule has 0 heterocycles. The number of anilines is 1. The summed E-state index contributed by atoms with van der Waals surface area (Å²) >= 11 is 0. The topological polar surface area (TPSA) is 71.3 Å². The molecular formula is C17H16N2O3. The van der Waals surface area contributed by atoms with Crippen molar-refractivity contribution >= 4 is 11.6 Å². The molecule has 22 heavy (non-hydrogen) atoms. The van der Waals surface area contributed by atoms with E-state index in [4.69, 9.17) is 14.7 Å². The smallest absolute Gasteiger partial charge is 0.255 e. The molecule has 2 aromatic rings. The number of nitrogens with zero attached hydrogens (tertiary/aromatic N) is 1. The van der Waals surface area contributed by atoms with Gasteiger partial charge in [0.2, 0.25) is 0 Å². The lowest BCUT2D eigenvalue weighted by molar-refractivity contribution is 0.102. The van der Waals surface area contributed by atoms with Gasteiger partial charge in [0, 0.05) is 11.3 Å². The molecule has 0 fully saturated rings. The van der Waals surface area contributed by atoms with Crippen LogP contribution in [-0.2, 0) is 0 Å². The number of nitriles is 1. The zero-order valence-corrected chi connectivity index (χ0v) is 12.4. The molecule has 0 aliphatic rings. The van der Waals surface area contributed by atoms with Gasteiger partial charge in [0.15, 0.2) is 11.5 Å². The second kappa shape index (κ2) is 7.14. The lowest BCUT2D eigenvalue weighted by Crippen LogP contribution is -2.12. The Morgan fingerprint density at radius 3 is 2.73 bits per heavy atom. The minimum Gasteiger partial charge on any atom is -0.493 e. The molecule has 1 N–H and O–H groups in total. The van der Waals surface area contributed by atoms with E-state index in [2.05, 4.69) is 5.32 Å². The third-order valence-electron chi connectivity index (χ3n) is 2.98. The molecule has 112 valence electrons. The molecule has 0 aliphatic carbocycles. The van der Waals surface area contributed by atoms with E-state index in [1.54, 1.807) is 49.6 Å². The van der Waals surface area contributed by atoms with Gasteiger partial charge in [-0.25, -0.2) is 0 Å². The molecule has 5 heteroatoms. The molecule has 0 saturated heterocycles. The maximum Gasteiger partial charge on any atom is 0.255 e. The summed E-state index contributed by atoms with van der Waals surface area (Å²) in [6, 6.07) is 13.7. The summed E-state index contributed by atoms with van der Waals surface area (Å²) < 4.78 is 10.6. The fourth-order valence-corrected chi connectivity index (χ4v) is 1.96. The SMILES string of the molecule is CCOc1cc(C(=O)Nc2cccc(C#N)c2)ccc1OC. The second-order valence-electron chi connectivity index (χ2n) is 4.45. The Balaban J connectivity index is 2.22. The van der Waals surface area contributed by atoms with Crippen LogP contribution in [0.2, 0.25) is 0 Å². The molecule has 5 nitrogen and oxygen atoms in total. The summed E-state index contributed by atoms with van der Waals surface area (Å²) in [5, 5.41) is 11.6. The maximum absolute atomic E-state index is 12.3. The van der Waals surface area contributed by atoms with E-state index < -0.39 is 0 Å². The predicted octanol–water partition coefficient (Wildman–Crippen LogP) is 3.22. The standard InChI is InChI=1S/C17H16N2O3/c1-3-22-16-10-13(7-8-15(16)21-2)17(20)19-14-6-4-5-12(9-14)11-18/h4-10H,3H2,1-2H3,(H,19,20). The van der Waals surface area contributed by atoms with Gasteiger partial charge < -0.3 is 14.8 Å². The van der Waals surface area contributed by atoms with Gasteiger partial charge >= 0.3 is 0 Å². The van der Waals surface area contributed by atoms with E-state index in [0.717, 1.165) is 0 Å². The molecule has 0 spiro atoms. The first-order valence-corrected chi connectivity index (χ1v) is 6.80. The van der Waals surface area contributed by atoms with Gasteiger partial charge in [-0.05, 0) is 43.3 Å². The van der Waals surface area contributed by atoms with Crippen LogP contribution in [-0.4, -0.2) is 19.6 Å². The first-order valence-electron chi connectivity index (χ1n) is 6.80. The molecular weight excluding hydrogens is 280 g/mol. The minimum atomic E-state index is -0.279. The van der Waals surface area contributed by atoms with Crippen molar-refractivity contribution < 1.29 is 14.3 Å². The van der Waals surface area contributed by atoms with E-state index in [9.17, 15) is 4.79 Å². The number of nitrogens with one attached hydrogen (secondary N) is 1. The number of hydrogen-bond acceptors (Lipinski definition) is 4. The third kappa shape index (κ3) is 3.55. The van der Waals surface area contributed by atoms with Crippen LogP contribution in [0.1, 0.15) is 22.8 Å². The molecule has 0 bridgehead atoms. The molecule has 2 aromatic carbocycles. The number of benzene rings is 2. The number of rotatable bonds is 5. The highest BCUT2D eigenvalue weighted by atomic mass is 16.5. The summed E-state index contributed by atoms with van der Waals surface area (Å²) in [7, 11) is 1.55. The number of ether oxygens (including phenoxy) is 2. The Kier molecular flexibility index (Phi) is 4.99. The maximum atomic E-state index is 12.3. The summed E-state index contributed by atoms with van der Waals surface area (Å²) in [6.07, 6.45) is 0. The Morgan fingerprint density at radius 2 is 2.05 bits per heavy atom. The third-order valence-corrected chi connectivity index (χ3v) is 2.98. The van der Waals surface area contributed by atoms with E-state index in [-0.39, 0.29) is 5.91 Å². The highest BCUT2D eigenvalue weighted by Gasteiger charge is 2.11. The first-order chi connectivity index (χ1) is 10.7. The molecule has 0 unspecified atom stereocenters. The van der Waals surface area contributed by atoms with Crippen molar-refractivity contribution in [3.63, 3.8) is 0 Å². The fourth-order valence-electron chi connectivity index (χ4n) is 1.96. The van der Waals surface area contributed by atoms with E-state index in [1.165, 1.54) is 0 Å². The molecule has 2 rings (SSSR count). The summed E-state index contributed by atoms with van der Waals surface area (Å²) in [5.74, 6) is 0.812.